The van der Waals surface area contributed by atoms with Gasteiger partial charge in [0, 0.05) is 31.3 Å². The summed E-state index contributed by atoms with van der Waals surface area (Å²) in [6.45, 7) is 0. The summed E-state index contributed by atoms with van der Waals surface area (Å²) >= 11 is 0.884. The maximum absolute atomic E-state index is 13.8. The summed E-state index contributed by atoms with van der Waals surface area (Å²) in [7, 11) is 0. The van der Waals surface area contributed by atoms with Crippen LogP contribution in [0.25, 0.3) is 33.4 Å². The van der Waals surface area contributed by atoms with Crippen molar-refractivity contribution in [1.82, 2.24) is 0 Å². The fraction of sp³-hybridized carbons (Fsp3) is 0.118. The van der Waals surface area contributed by atoms with Crippen LogP contribution in [0.15, 0.2) is 84.9 Å². The van der Waals surface area contributed by atoms with Gasteiger partial charge in [-0.05, 0) is 69.8 Å². The van der Waals surface area contributed by atoms with Crippen LogP contribution in [-0.2, 0) is 24.7 Å². The van der Waals surface area contributed by atoms with Crippen LogP contribution in [0.4, 0.5) is 52.7 Å². The van der Waals surface area contributed by atoms with Crippen molar-refractivity contribution < 1.29 is 52.7 Å². The molecule has 5 aromatic rings. The second-order valence-electron chi connectivity index (χ2n) is 10.9. The summed E-state index contributed by atoms with van der Waals surface area (Å²) in [4.78, 5) is 0. The maximum atomic E-state index is 13.8. The fourth-order valence-electron chi connectivity index (χ4n) is 6.15. The van der Waals surface area contributed by atoms with Crippen LogP contribution < -0.4 is 9.06 Å². The minimum atomic E-state index is -5.13. The van der Waals surface area contributed by atoms with Gasteiger partial charge in [0.15, 0.2) is 0 Å². The van der Waals surface area contributed by atoms with Gasteiger partial charge in [-0.25, -0.2) is 0 Å². The standard InChI is InChI=1S/C34H14F12S/c35-31(36,37)17-9-15(10-18(13-17)32(38,39)40)25-21-5-1-3-7-23(21)27-28-24-8-4-2-6-22(24)26(30(28)47-29(25)27)16-11-19(33(41,42)43)14-20(12-16)34(44,45)46/h1-14H. The van der Waals surface area contributed by atoms with Gasteiger partial charge >= 0.3 is 24.7 Å². The number of benzene rings is 4. The van der Waals surface area contributed by atoms with Crippen molar-refractivity contribution in [2.45, 2.75) is 24.7 Å². The molecule has 0 fully saturated rings. The van der Waals surface area contributed by atoms with E-state index in [0.29, 0.717) is 57.6 Å². The third-order valence-corrected chi connectivity index (χ3v) is 9.27. The minimum absolute atomic E-state index is 0.00817. The molecule has 0 unspecified atom stereocenters. The number of thiophene rings is 1. The van der Waals surface area contributed by atoms with Crippen molar-refractivity contribution in [1.29, 1.82) is 0 Å². The number of alkyl halides is 12. The lowest BCUT2D eigenvalue weighted by molar-refractivity contribution is -0.144. The molecule has 0 atom stereocenters. The molecule has 13 heteroatoms. The first-order valence-electron chi connectivity index (χ1n) is 13.5. The highest BCUT2D eigenvalue weighted by molar-refractivity contribution is 7.09. The van der Waals surface area contributed by atoms with Gasteiger partial charge in [0.2, 0.25) is 0 Å². The van der Waals surface area contributed by atoms with Gasteiger partial charge in [-0.1, -0.05) is 48.5 Å². The Morgan fingerprint density at radius 2 is 0.638 bits per heavy atom. The molecule has 0 amide bonds. The molecule has 0 saturated carbocycles. The van der Waals surface area contributed by atoms with Crippen molar-refractivity contribution in [2.75, 3.05) is 0 Å². The molecule has 2 aliphatic rings. The Bertz CT molecular complexity index is 2020. The summed E-state index contributed by atoms with van der Waals surface area (Å²) < 4.78 is 167. The molecule has 0 nitrogen and oxygen atoms in total. The second-order valence-corrected chi connectivity index (χ2v) is 12.0. The largest absolute Gasteiger partial charge is 0.416 e. The third kappa shape index (κ3) is 5.02. The Morgan fingerprint density at radius 3 is 0.915 bits per heavy atom. The molecular weight excluding hydrogens is 668 g/mol. The van der Waals surface area contributed by atoms with Crippen LogP contribution in [0.1, 0.15) is 44.5 Å². The first-order valence-corrected chi connectivity index (χ1v) is 14.4. The predicted molar refractivity (Wildman–Crippen MR) is 151 cm³/mol. The SMILES string of the molecule is FC(F)(F)c1cc(C2=c3sc4c(c3-c3ccccc32)-c2ccccc2C=4c2cc(C(F)(F)F)cc(C(F)(F)F)c2)cc(C(F)(F)F)c1. The van der Waals surface area contributed by atoms with Gasteiger partial charge in [0.1, 0.15) is 0 Å². The number of hydrogen-bond donors (Lipinski definition) is 0. The Morgan fingerprint density at radius 1 is 0.362 bits per heavy atom. The van der Waals surface area contributed by atoms with E-state index >= 15 is 0 Å². The number of fused-ring (bicyclic) bond motifs is 7. The molecule has 1 heterocycles. The van der Waals surface area contributed by atoms with Gasteiger partial charge in [0.25, 0.3) is 0 Å². The average Bonchev–Trinajstić information content (AvgIpc) is 3.60. The molecule has 0 saturated heterocycles. The van der Waals surface area contributed by atoms with Gasteiger partial charge in [-0.15, -0.1) is 11.3 Å². The lowest BCUT2D eigenvalue weighted by atomic mass is 9.93. The molecule has 0 aliphatic heterocycles. The molecule has 1 aromatic heterocycles. The van der Waals surface area contributed by atoms with Crippen LogP contribution >= 0.6 is 11.3 Å². The molecule has 2 aliphatic carbocycles. The highest BCUT2D eigenvalue weighted by Gasteiger charge is 2.40. The zero-order valence-corrected chi connectivity index (χ0v) is 23.8. The van der Waals surface area contributed by atoms with Gasteiger partial charge in [-0.3, -0.25) is 0 Å². The van der Waals surface area contributed by atoms with Crippen LogP contribution in [0, 0.1) is 0 Å². The maximum Gasteiger partial charge on any atom is 0.416 e. The molecule has 4 aromatic carbocycles. The van der Waals surface area contributed by atoms with Gasteiger partial charge < -0.3 is 0 Å². The molecule has 0 spiro atoms. The van der Waals surface area contributed by atoms with Crippen LogP contribution in [0.3, 0.4) is 0 Å². The Hall–Kier alpha value is -4.52. The lowest BCUT2D eigenvalue weighted by Crippen LogP contribution is -2.13. The van der Waals surface area contributed by atoms with Crippen molar-refractivity contribution in [3.05, 3.63) is 139 Å². The average molecular weight is 683 g/mol. The van der Waals surface area contributed by atoms with E-state index in [9.17, 15) is 52.7 Å². The smallest absolute Gasteiger partial charge is 0.166 e. The quantitative estimate of drug-likeness (QED) is 0.159. The Balaban J connectivity index is 1.63. The summed E-state index contributed by atoms with van der Waals surface area (Å²) in [6.07, 6.45) is -20.5. The van der Waals surface area contributed by atoms with E-state index in [4.69, 9.17) is 0 Å². The Kier molecular flexibility index (Phi) is 6.61. The van der Waals surface area contributed by atoms with Crippen molar-refractivity contribution >= 4 is 22.5 Å². The van der Waals surface area contributed by atoms with Gasteiger partial charge in [-0.2, -0.15) is 52.7 Å². The van der Waals surface area contributed by atoms with Crippen molar-refractivity contribution in [3.8, 4) is 22.3 Å². The summed E-state index contributed by atoms with van der Waals surface area (Å²) in [5.41, 5.74) is -4.52. The number of rotatable bonds is 2. The zero-order valence-electron chi connectivity index (χ0n) is 23.0. The third-order valence-electron chi connectivity index (χ3n) is 8.05. The van der Waals surface area contributed by atoms with Gasteiger partial charge in [0.05, 0.1) is 22.3 Å². The predicted octanol–water partition coefficient (Wildman–Crippen LogP) is 10.3. The zero-order chi connectivity index (χ0) is 33.8. The topological polar surface area (TPSA) is 0 Å². The number of halogens is 12. The van der Waals surface area contributed by atoms with Crippen molar-refractivity contribution in [2.24, 2.45) is 0 Å². The van der Waals surface area contributed by atoms with Crippen LogP contribution in [-0.4, -0.2) is 0 Å². The Labute approximate surface area is 260 Å². The number of hydrogen-bond acceptors (Lipinski definition) is 1. The molecule has 0 radical (unpaired) electrons. The van der Waals surface area contributed by atoms with Crippen molar-refractivity contribution in [3.63, 3.8) is 0 Å². The summed E-state index contributed by atoms with van der Waals surface area (Å²) in [6, 6.07) is 15.0. The van der Waals surface area contributed by atoms with E-state index in [1.54, 1.807) is 36.4 Å². The fourth-order valence-corrected chi connectivity index (χ4v) is 7.64. The molecule has 0 bridgehead atoms. The highest BCUT2D eigenvalue weighted by atomic mass is 32.1. The van der Waals surface area contributed by atoms with E-state index in [1.807, 2.05) is 0 Å². The second kappa shape index (κ2) is 9.99. The normalized spacial score (nSPS) is 14.3. The first-order chi connectivity index (χ1) is 21.8. The summed E-state index contributed by atoms with van der Waals surface area (Å²) in [5, 5.41) is 0. The van der Waals surface area contributed by atoms with Crippen LogP contribution in [0.2, 0.25) is 0 Å². The molecule has 7 rings (SSSR count). The minimum Gasteiger partial charge on any atom is -0.166 e. The lowest BCUT2D eigenvalue weighted by Gasteiger charge is -2.16. The van der Waals surface area contributed by atoms with Crippen LogP contribution in [0.5, 0.6) is 0 Å². The van der Waals surface area contributed by atoms with E-state index in [-0.39, 0.29) is 32.3 Å². The molecule has 240 valence electrons. The van der Waals surface area contributed by atoms with E-state index in [1.165, 1.54) is 12.1 Å². The van der Waals surface area contributed by atoms with E-state index in [0.717, 1.165) is 11.3 Å². The molecular formula is C34H14F12S. The van der Waals surface area contributed by atoms with E-state index in [2.05, 4.69) is 0 Å². The monoisotopic (exact) mass is 682 g/mol. The molecule has 0 N–H and O–H groups in total. The van der Waals surface area contributed by atoms with E-state index < -0.39 is 58.1 Å². The summed E-state index contributed by atoms with van der Waals surface area (Å²) in [5.74, 6) is 0. The highest BCUT2D eigenvalue weighted by Crippen LogP contribution is 2.48. The molecule has 47 heavy (non-hydrogen) atoms. The first kappa shape index (κ1) is 31.1.